The number of amides is 1. The normalized spacial score (nSPS) is 20.9. The van der Waals surface area contributed by atoms with Gasteiger partial charge >= 0.3 is 0 Å². The van der Waals surface area contributed by atoms with Gasteiger partial charge in [-0.3, -0.25) is 14.7 Å². The molecule has 2 aliphatic heterocycles. The number of carbonyl (C=O) groups excluding carboxylic acids is 1. The molecule has 0 radical (unpaired) electrons. The molecule has 7 heteroatoms. The molecule has 2 aliphatic rings. The fourth-order valence-electron chi connectivity index (χ4n) is 4.66. The largest absolute Gasteiger partial charge is 0.350 e. The first-order valence-corrected chi connectivity index (χ1v) is 11.1. The van der Waals surface area contributed by atoms with Crippen molar-refractivity contribution < 1.29 is 4.79 Å². The number of hydrogen-bond donors (Lipinski definition) is 1. The molecule has 2 saturated heterocycles. The number of nitrogens with one attached hydrogen (secondary N) is 1. The van der Waals surface area contributed by atoms with Crippen LogP contribution in [0, 0.1) is 19.8 Å². The Morgan fingerprint density at radius 1 is 1.10 bits per heavy atom. The van der Waals surface area contributed by atoms with Crippen LogP contribution in [-0.2, 0) is 11.3 Å². The third-order valence-corrected chi connectivity index (χ3v) is 6.23. The van der Waals surface area contributed by atoms with Gasteiger partial charge < -0.3 is 10.2 Å². The molecule has 0 saturated carbocycles. The maximum Gasteiger partial charge on any atom is 0.225 e. The van der Waals surface area contributed by atoms with Gasteiger partial charge in [0.1, 0.15) is 0 Å². The van der Waals surface area contributed by atoms with Crippen molar-refractivity contribution in [2.24, 2.45) is 5.92 Å². The molecule has 0 aromatic carbocycles. The topological polar surface area (TPSA) is 74.2 Å². The molecule has 4 rings (SSSR count). The van der Waals surface area contributed by atoms with Gasteiger partial charge in [0.2, 0.25) is 11.9 Å². The van der Waals surface area contributed by atoms with Gasteiger partial charge in [0, 0.05) is 43.3 Å². The minimum atomic E-state index is 0.0725. The molecule has 2 aromatic rings. The van der Waals surface area contributed by atoms with E-state index < -0.39 is 0 Å². The highest BCUT2D eigenvalue weighted by Crippen LogP contribution is 2.25. The van der Waals surface area contributed by atoms with Crippen molar-refractivity contribution in [2.75, 3.05) is 31.1 Å². The maximum atomic E-state index is 12.7. The van der Waals surface area contributed by atoms with Crippen LogP contribution in [0.4, 0.5) is 5.95 Å². The summed E-state index contributed by atoms with van der Waals surface area (Å²) in [7, 11) is 0. The van der Waals surface area contributed by atoms with E-state index in [2.05, 4.69) is 30.1 Å². The number of rotatable bonds is 5. The molecule has 1 amide bonds. The molecule has 0 unspecified atom stereocenters. The zero-order chi connectivity index (χ0) is 20.9. The Labute approximate surface area is 178 Å². The van der Waals surface area contributed by atoms with Gasteiger partial charge in [-0.05, 0) is 64.3 Å². The summed E-state index contributed by atoms with van der Waals surface area (Å²) in [6.07, 6.45) is 6.01. The van der Waals surface area contributed by atoms with Crippen LogP contribution >= 0.6 is 0 Å². The Balaban J connectivity index is 1.28. The first-order chi connectivity index (χ1) is 14.6. The molecule has 160 valence electrons. The monoisotopic (exact) mass is 408 g/mol. The Kier molecular flexibility index (Phi) is 6.57. The van der Waals surface area contributed by atoms with Crippen molar-refractivity contribution in [3.05, 3.63) is 47.5 Å². The molecular weight excluding hydrogens is 376 g/mol. The van der Waals surface area contributed by atoms with Gasteiger partial charge in [0.05, 0.1) is 18.2 Å². The van der Waals surface area contributed by atoms with Crippen LogP contribution < -0.4 is 10.2 Å². The summed E-state index contributed by atoms with van der Waals surface area (Å²) < 4.78 is 0. The van der Waals surface area contributed by atoms with Crippen molar-refractivity contribution in [1.29, 1.82) is 0 Å². The number of nitrogens with zero attached hydrogens (tertiary/aromatic N) is 5. The number of aromatic nitrogens is 3. The molecule has 4 heterocycles. The van der Waals surface area contributed by atoms with Crippen LogP contribution in [0.25, 0.3) is 0 Å². The summed E-state index contributed by atoms with van der Waals surface area (Å²) in [5.74, 6) is 1.09. The number of carbonyl (C=O) groups is 1. The van der Waals surface area contributed by atoms with E-state index in [4.69, 9.17) is 0 Å². The summed E-state index contributed by atoms with van der Waals surface area (Å²) in [6.45, 7) is 8.45. The maximum absolute atomic E-state index is 12.7. The lowest BCUT2D eigenvalue weighted by atomic mass is 9.93. The van der Waals surface area contributed by atoms with Crippen LogP contribution in [0.15, 0.2) is 30.5 Å². The van der Waals surface area contributed by atoms with Crippen LogP contribution in [0.3, 0.4) is 0 Å². The minimum Gasteiger partial charge on any atom is -0.350 e. The number of anilines is 1. The second-order valence-electron chi connectivity index (χ2n) is 8.54. The van der Waals surface area contributed by atoms with E-state index in [0.717, 1.165) is 74.9 Å². The summed E-state index contributed by atoms with van der Waals surface area (Å²) in [5, 5.41) is 3.08. The predicted molar refractivity (Wildman–Crippen MR) is 117 cm³/mol. The molecule has 0 aliphatic carbocycles. The van der Waals surface area contributed by atoms with Gasteiger partial charge in [-0.2, -0.15) is 0 Å². The summed E-state index contributed by atoms with van der Waals surface area (Å²) in [4.78, 5) is 31.1. The van der Waals surface area contributed by atoms with E-state index in [-0.39, 0.29) is 11.8 Å². The van der Waals surface area contributed by atoms with Crippen molar-refractivity contribution in [3.8, 4) is 0 Å². The molecule has 0 bridgehead atoms. The van der Waals surface area contributed by atoms with Gasteiger partial charge in [-0.25, -0.2) is 9.97 Å². The molecular formula is C23H32N6O. The van der Waals surface area contributed by atoms with E-state index in [1.165, 1.54) is 0 Å². The molecule has 0 spiro atoms. The van der Waals surface area contributed by atoms with E-state index in [9.17, 15) is 4.79 Å². The first kappa shape index (κ1) is 20.7. The average Bonchev–Trinajstić information content (AvgIpc) is 2.78. The fraction of sp³-hybridized carbons (Fsp3) is 0.565. The first-order valence-electron chi connectivity index (χ1n) is 11.1. The van der Waals surface area contributed by atoms with Crippen molar-refractivity contribution in [1.82, 2.24) is 25.2 Å². The van der Waals surface area contributed by atoms with Gasteiger partial charge in [0.15, 0.2) is 0 Å². The van der Waals surface area contributed by atoms with Gasteiger partial charge in [-0.1, -0.05) is 6.07 Å². The standard InChI is InChI=1S/C23H32N6O/c1-17-14-18(2)27-23(26-17)28-12-8-21(9-13-28)29-11-5-6-19(16-29)22(30)25-15-20-7-3-4-10-24-20/h3-4,7,10,14,19,21H,5-6,8-9,11-13,15-16H2,1-2H3,(H,25,30)/t19-/m1/s1. The second-order valence-corrected chi connectivity index (χ2v) is 8.54. The summed E-state index contributed by atoms with van der Waals surface area (Å²) in [6, 6.07) is 8.34. The minimum absolute atomic E-state index is 0.0725. The molecule has 7 nitrogen and oxygen atoms in total. The van der Waals surface area contributed by atoms with Crippen LogP contribution in [0.5, 0.6) is 0 Å². The fourth-order valence-corrected chi connectivity index (χ4v) is 4.66. The summed E-state index contributed by atoms with van der Waals surface area (Å²) >= 11 is 0. The van der Waals surface area contributed by atoms with Gasteiger partial charge in [-0.15, -0.1) is 0 Å². The van der Waals surface area contributed by atoms with Crippen molar-refractivity contribution in [3.63, 3.8) is 0 Å². The van der Waals surface area contributed by atoms with E-state index >= 15 is 0 Å². The zero-order valence-corrected chi connectivity index (χ0v) is 18.0. The lowest BCUT2D eigenvalue weighted by Crippen LogP contribution is -2.51. The second kappa shape index (κ2) is 9.51. The SMILES string of the molecule is Cc1cc(C)nc(N2CCC(N3CCC[C@@H](C(=O)NCc4ccccn4)C3)CC2)n1. The number of hydrogen-bond acceptors (Lipinski definition) is 6. The molecule has 30 heavy (non-hydrogen) atoms. The average molecular weight is 409 g/mol. The molecule has 2 aromatic heterocycles. The van der Waals surface area contributed by atoms with Crippen LogP contribution in [0.1, 0.15) is 42.8 Å². The molecule has 1 N–H and O–H groups in total. The molecule has 2 fully saturated rings. The zero-order valence-electron chi connectivity index (χ0n) is 18.0. The summed E-state index contributed by atoms with van der Waals surface area (Å²) in [5.41, 5.74) is 2.95. The number of pyridine rings is 1. The molecule has 1 atom stereocenters. The third kappa shape index (κ3) is 5.14. The lowest BCUT2D eigenvalue weighted by molar-refractivity contribution is -0.127. The van der Waals surface area contributed by atoms with Gasteiger partial charge in [0.25, 0.3) is 0 Å². The Bertz CT molecular complexity index is 830. The lowest BCUT2D eigenvalue weighted by Gasteiger charge is -2.42. The highest BCUT2D eigenvalue weighted by atomic mass is 16.1. The number of piperidine rings is 2. The predicted octanol–water partition coefficient (Wildman–Crippen LogP) is 2.49. The Morgan fingerprint density at radius 3 is 2.57 bits per heavy atom. The smallest absolute Gasteiger partial charge is 0.225 e. The van der Waals surface area contributed by atoms with Crippen LogP contribution in [0.2, 0.25) is 0 Å². The number of likely N-dealkylation sites (tertiary alicyclic amines) is 1. The number of aryl methyl sites for hydroxylation is 2. The van der Waals surface area contributed by atoms with Crippen LogP contribution in [-0.4, -0.2) is 58.0 Å². The van der Waals surface area contributed by atoms with E-state index in [0.29, 0.717) is 12.6 Å². The van der Waals surface area contributed by atoms with Crippen molar-refractivity contribution in [2.45, 2.75) is 52.1 Å². The Morgan fingerprint density at radius 2 is 1.87 bits per heavy atom. The highest BCUT2D eigenvalue weighted by Gasteiger charge is 2.32. The third-order valence-electron chi connectivity index (χ3n) is 6.23. The van der Waals surface area contributed by atoms with E-state index in [1.807, 2.05) is 38.1 Å². The Hall–Kier alpha value is -2.54. The van der Waals surface area contributed by atoms with E-state index in [1.54, 1.807) is 6.20 Å². The quantitative estimate of drug-likeness (QED) is 0.819. The highest BCUT2D eigenvalue weighted by molar-refractivity contribution is 5.78. The van der Waals surface area contributed by atoms with Crippen molar-refractivity contribution >= 4 is 11.9 Å².